The zero-order valence-electron chi connectivity index (χ0n) is 31.0. The lowest BCUT2D eigenvalue weighted by Crippen LogP contribution is -2.63. The zero-order chi connectivity index (χ0) is 38.0. The predicted molar refractivity (Wildman–Crippen MR) is 179 cm³/mol. The number of aliphatic hydroxyl groups is 5. The van der Waals surface area contributed by atoms with Gasteiger partial charge in [0.05, 0.1) is 37.1 Å². The minimum Gasteiger partial charge on any atom is -0.459 e. The van der Waals surface area contributed by atoms with Crippen LogP contribution in [0.3, 0.4) is 0 Å². The van der Waals surface area contributed by atoms with E-state index in [0.717, 1.165) is 0 Å². The molecule has 0 spiro atoms. The summed E-state index contributed by atoms with van der Waals surface area (Å²) < 4.78 is 46.9. The van der Waals surface area contributed by atoms with Crippen LogP contribution in [-0.2, 0) is 47.5 Å². The molecule has 3 fully saturated rings. The number of rotatable bonds is 8. The number of ether oxygens (including phenoxy) is 8. The minimum atomic E-state index is -1.91. The Morgan fingerprint density at radius 1 is 0.882 bits per heavy atom. The summed E-state index contributed by atoms with van der Waals surface area (Å²) in [4.78, 5) is 26.5. The molecule has 0 radical (unpaired) electrons. The van der Waals surface area contributed by atoms with Crippen LogP contribution in [0.15, 0.2) is 24.3 Å². The van der Waals surface area contributed by atoms with Crippen molar-refractivity contribution in [2.45, 2.75) is 152 Å². The molecule has 0 amide bonds. The molecule has 51 heavy (non-hydrogen) atoms. The van der Waals surface area contributed by atoms with E-state index in [1.54, 1.807) is 46.8 Å². The largest absolute Gasteiger partial charge is 0.459 e. The zero-order valence-corrected chi connectivity index (χ0v) is 31.0. The van der Waals surface area contributed by atoms with Gasteiger partial charge in [0.2, 0.25) is 0 Å². The molecule has 4 rings (SSSR count). The third-order valence-electron chi connectivity index (χ3n) is 10.7. The molecule has 0 saturated carbocycles. The maximum atomic E-state index is 13.3. The molecule has 3 saturated heterocycles. The summed E-state index contributed by atoms with van der Waals surface area (Å²) >= 11 is 0. The van der Waals surface area contributed by atoms with Crippen LogP contribution in [-0.4, -0.2) is 149 Å². The highest BCUT2D eigenvalue weighted by Crippen LogP contribution is 2.38. The topological polar surface area (TPSA) is 212 Å². The van der Waals surface area contributed by atoms with E-state index in [9.17, 15) is 35.1 Å². The van der Waals surface area contributed by atoms with Crippen molar-refractivity contribution in [3.8, 4) is 0 Å². The van der Waals surface area contributed by atoms with Crippen molar-refractivity contribution in [2.75, 3.05) is 20.8 Å². The number of epoxide rings is 1. The Kier molecular flexibility index (Phi) is 14.0. The number of carbonyl (C=O) groups is 2. The predicted octanol–water partition coefficient (Wildman–Crippen LogP) is 0.555. The fourth-order valence-corrected chi connectivity index (χ4v) is 7.46. The van der Waals surface area contributed by atoms with Crippen LogP contribution < -0.4 is 0 Å². The molecule has 0 aromatic rings. The van der Waals surface area contributed by atoms with Crippen molar-refractivity contribution < 1.29 is 73.0 Å². The third-order valence-corrected chi connectivity index (χ3v) is 10.7. The fraction of sp³-hybridized carbons (Fsp3) is 0.833. The Morgan fingerprint density at radius 2 is 1.55 bits per heavy atom. The molecule has 0 aromatic heterocycles. The van der Waals surface area contributed by atoms with Gasteiger partial charge in [-0.05, 0) is 59.1 Å². The molecule has 0 unspecified atom stereocenters. The van der Waals surface area contributed by atoms with Crippen molar-refractivity contribution in [3.05, 3.63) is 24.3 Å². The van der Waals surface area contributed by atoms with Gasteiger partial charge in [-0.2, -0.15) is 0 Å². The lowest BCUT2D eigenvalue weighted by atomic mass is 9.81. The minimum absolute atomic E-state index is 0.00657. The summed E-state index contributed by atoms with van der Waals surface area (Å²) in [6.07, 6.45) is -5.88. The number of esters is 1. The Hall–Kier alpha value is -1.86. The summed E-state index contributed by atoms with van der Waals surface area (Å²) in [6, 6.07) is 0. The van der Waals surface area contributed by atoms with Gasteiger partial charge in [0, 0.05) is 38.6 Å². The molecule has 0 bridgehead atoms. The van der Waals surface area contributed by atoms with E-state index < -0.39 is 120 Å². The molecular weight excluding hydrogens is 672 g/mol. The van der Waals surface area contributed by atoms with Gasteiger partial charge in [0.25, 0.3) is 0 Å². The van der Waals surface area contributed by atoms with E-state index in [1.165, 1.54) is 40.2 Å². The summed E-state index contributed by atoms with van der Waals surface area (Å²) in [5, 5.41) is 54.4. The molecule has 0 aliphatic carbocycles. The second kappa shape index (κ2) is 17.1. The van der Waals surface area contributed by atoms with Gasteiger partial charge >= 0.3 is 5.97 Å². The molecule has 4 heterocycles. The normalized spacial score (nSPS) is 49.0. The number of fused-ring (bicyclic) bond motifs is 1. The van der Waals surface area contributed by atoms with Crippen LogP contribution in [0.5, 0.6) is 0 Å². The highest BCUT2D eigenvalue weighted by Gasteiger charge is 2.53. The van der Waals surface area contributed by atoms with E-state index in [0.29, 0.717) is 0 Å². The number of hydrogen-bond acceptors (Lipinski definition) is 15. The summed E-state index contributed by atoms with van der Waals surface area (Å²) in [6.45, 7) is 11.4. The average Bonchev–Trinajstić information content (AvgIpc) is 3.82. The van der Waals surface area contributed by atoms with E-state index in [2.05, 4.69) is 0 Å². The van der Waals surface area contributed by atoms with Crippen LogP contribution >= 0.6 is 0 Å². The van der Waals surface area contributed by atoms with E-state index in [1.807, 2.05) is 0 Å². The highest BCUT2D eigenvalue weighted by molar-refractivity contribution is 5.96. The molecule has 15 nitrogen and oxygen atoms in total. The number of methoxy groups -OCH3 is 2. The van der Waals surface area contributed by atoms with E-state index >= 15 is 0 Å². The summed E-state index contributed by atoms with van der Waals surface area (Å²) in [5.41, 5.74) is -3.74. The number of cyclic esters (lactones) is 1. The number of hydrogen-bond donors (Lipinski definition) is 5. The second-order valence-corrected chi connectivity index (χ2v) is 14.9. The first-order chi connectivity index (χ1) is 23.8. The van der Waals surface area contributed by atoms with Gasteiger partial charge < -0.3 is 63.4 Å². The van der Waals surface area contributed by atoms with E-state index in [-0.39, 0.29) is 19.4 Å². The fourth-order valence-electron chi connectivity index (χ4n) is 7.46. The van der Waals surface area contributed by atoms with Crippen LogP contribution in [0.25, 0.3) is 0 Å². The summed E-state index contributed by atoms with van der Waals surface area (Å²) in [5.74, 6) is -2.84. The van der Waals surface area contributed by atoms with Gasteiger partial charge in [-0.1, -0.05) is 19.9 Å². The Bertz CT molecular complexity index is 1240. The smallest absolute Gasteiger partial charge is 0.330 e. The van der Waals surface area contributed by atoms with Crippen molar-refractivity contribution in [3.63, 3.8) is 0 Å². The molecule has 15 heteroatoms. The highest BCUT2D eigenvalue weighted by atomic mass is 16.7. The second-order valence-electron chi connectivity index (χ2n) is 14.9. The van der Waals surface area contributed by atoms with Crippen molar-refractivity contribution in [1.82, 2.24) is 0 Å². The van der Waals surface area contributed by atoms with Crippen LogP contribution in [0.1, 0.15) is 61.3 Å². The number of ketones is 1. The first-order valence-electron chi connectivity index (χ1n) is 17.7. The lowest BCUT2D eigenvalue weighted by molar-refractivity contribution is -0.322. The molecule has 292 valence electrons. The van der Waals surface area contributed by atoms with Crippen molar-refractivity contribution in [2.24, 2.45) is 17.8 Å². The van der Waals surface area contributed by atoms with Crippen LogP contribution in [0.4, 0.5) is 0 Å². The van der Waals surface area contributed by atoms with Gasteiger partial charge in [-0.25, -0.2) is 4.79 Å². The van der Waals surface area contributed by atoms with Crippen molar-refractivity contribution in [1.29, 1.82) is 0 Å². The summed E-state index contributed by atoms with van der Waals surface area (Å²) in [7, 11) is 2.91. The SMILES string of the molecule is CO[C@@H]1[C@H](O)[C@@H](C)O[C@@H](OC[C@H]2[C@@H]3O[C@@H]3/C=C/C(=O)[C@@](C)(O)C[C@H](C)[C@H](O[C@@H]3O[C@H](C)C[C@](O)([C@H](C)O)[C@H]3O)[C@@H](C)/C=C/C(=O)O[C@@H]2C)[C@@H]1OC. The third kappa shape index (κ3) is 9.63. The van der Waals surface area contributed by atoms with Gasteiger partial charge in [-0.15, -0.1) is 0 Å². The molecule has 18 atom stereocenters. The quantitative estimate of drug-likeness (QED) is 0.171. The monoisotopic (exact) mass is 730 g/mol. The maximum Gasteiger partial charge on any atom is 0.330 e. The standard InChI is InChI=1S/C36H58O15/c1-17-10-13-26(39)48-20(4)23(16-46-33-31(45-9)30(44-8)27(40)21(5)49-33)29-24(50-29)11-12-25(38)35(7,42)14-18(2)28(17)51-34-32(41)36(43,22(6)37)15-19(3)47-34/h10-13,17-24,27-34,37,40-43H,14-16H2,1-9H3/b12-11+,13-10+/t17-,18-,19+,20+,21+,22-,23+,24+,27+,28+,29-,30+,31+,32-,33+,34-,35-,36-/m0/s1. The average molecular weight is 731 g/mol. The Morgan fingerprint density at radius 3 is 2.18 bits per heavy atom. The Labute approximate surface area is 299 Å². The first-order valence-corrected chi connectivity index (χ1v) is 17.7. The maximum absolute atomic E-state index is 13.3. The molecule has 4 aliphatic rings. The number of aliphatic hydroxyl groups excluding tert-OH is 3. The molecule has 0 aromatic carbocycles. The first kappa shape index (κ1) is 41.9. The van der Waals surface area contributed by atoms with Crippen LogP contribution in [0.2, 0.25) is 0 Å². The van der Waals surface area contributed by atoms with Crippen LogP contribution in [0, 0.1) is 17.8 Å². The van der Waals surface area contributed by atoms with Gasteiger partial charge in [0.15, 0.2) is 18.4 Å². The van der Waals surface area contributed by atoms with Crippen molar-refractivity contribution >= 4 is 11.8 Å². The Balaban J connectivity index is 1.57. The lowest BCUT2D eigenvalue weighted by Gasteiger charge is -2.47. The molecular formula is C36H58O15. The van der Waals surface area contributed by atoms with Gasteiger partial charge in [-0.3, -0.25) is 4.79 Å². The molecule has 4 aliphatic heterocycles. The van der Waals surface area contributed by atoms with E-state index in [4.69, 9.17) is 37.9 Å². The number of carbonyl (C=O) groups excluding carboxylic acids is 2. The molecule has 5 N–H and O–H groups in total. The van der Waals surface area contributed by atoms with Gasteiger partial charge in [0.1, 0.15) is 47.8 Å².